The largest absolute Gasteiger partial charge is 0.506 e. The molecular weight excluding hydrogens is 326 g/mol. The number of furan rings is 1. The van der Waals surface area contributed by atoms with Gasteiger partial charge < -0.3 is 14.8 Å². The van der Waals surface area contributed by atoms with E-state index in [1.54, 1.807) is 30.3 Å². The molecule has 0 saturated heterocycles. The van der Waals surface area contributed by atoms with Crippen LogP contribution < -0.4 is 5.32 Å². The number of aromatic hydroxyl groups is 1. The molecule has 6 heteroatoms. The van der Waals surface area contributed by atoms with Crippen LogP contribution in [0.25, 0.3) is 22.4 Å². The van der Waals surface area contributed by atoms with E-state index in [1.165, 1.54) is 6.33 Å². The quantitative estimate of drug-likeness (QED) is 0.515. The highest BCUT2D eigenvalue weighted by molar-refractivity contribution is 6.30. The van der Waals surface area contributed by atoms with Crippen molar-refractivity contribution in [3.8, 4) is 17.1 Å². The normalized spacial score (nSPS) is 10.9. The lowest BCUT2D eigenvalue weighted by molar-refractivity contribution is 0.477. The fourth-order valence-electron chi connectivity index (χ4n) is 2.42. The summed E-state index contributed by atoms with van der Waals surface area (Å²) in [6.07, 6.45) is 1.42. The van der Waals surface area contributed by atoms with Crippen LogP contribution in [-0.2, 0) is 0 Å². The van der Waals surface area contributed by atoms with Crippen molar-refractivity contribution < 1.29 is 9.52 Å². The van der Waals surface area contributed by atoms with E-state index in [2.05, 4.69) is 15.3 Å². The third kappa shape index (κ3) is 2.66. The molecule has 5 nitrogen and oxygen atoms in total. The number of para-hydroxylation sites is 2. The zero-order valence-corrected chi connectivity index (χ0v) is 13.2. The van der Waals surface area contributed by atoms with Crippen molar-refractivity contribution in [1.29, 1.82) is 0 Å². The number of hydrogen-bond acceptors (Lipinski definition) is 5. The van der Waals surface area contributed by atoms with Gasteiger partial charge in [-0.3, -0.25) is 0 Å². The van der Waals surface area contributed by atoms with E-state index in [0.29, 0.717) is 28.0 Å². The Kier molecular flexibility index (Phi) is 3.55. The van der Waals surface area contributed by atoms with Crippen LogP contribution in [-0.4, -0.2) is 15.1 Å². The van der Waals surface area contributed by atoms with Crippen LogP contribution in [0.3, 0.4) is 0 Å². The highest BCUT2D eigenvalue weighted by atomic mass is 35.5. The van der Waals surface area contributed by atoms with E-state index < -0.39 is 0 Å². The van der Waals surface area contributed by atoms with Crippen molar-refractivity contribution in [2.45, 2.75) is 0 Å². The van der Waals surface area contributed by atoms with Gasteiger partial charge in [0.1, 0.15) is 23.7 Å². The molecule has 0 amide bonds. The number of rotatable bonds is 3. The van der Waals surface area contributed by atoms with Gasteiger partial charge in [0.15, 0.2) is 0 Å². The van der Waals surface area contributed by atoms with E-state index in [1.807, 2.05) is 24.3 Å². The maximum Gasteiger partial charge on any atom is 0.231 e. The minimum Gasteiger partial charge on any atom is -0.506 e. The van der Waals surface area contributed by atoms with Crippen LogP contribution in [0.1, 0.15) is 0 Å². The topological polar surface area (TPSA) is 71.2 Å². The molecule has 2 N–H and O–H groups in total. The van der Waals surface area contributed by atoms with Crippen LogP contribution in [0, 0.1) is 0 Å². The fraction of sp³-hybridized carbons (Fsp3) is 0. The van der Waals surface area contributed by atoms with E-state index in [4.69, 9.17) is 16.0 Å². The summed E-state index contributed by atoms with van der Waals surface area (Å²) in [5.41, 5.74) is 1.92. The molecule has 2 heterocycles. The van der Waals surface area contributed by atoms with Crippen LogP contribution in [0.5, 0.6) is 5.75 Å². The van der Waals surface area contributed by atoms with Crippen molar-refractivity contribution >= 4 is 34.2 Å². The number of aromatic nitrogens is 2. The highest BCUT2D eigenvalue weighted by Gasteiger charge is 2.13. The van der Waals surface area contributed by atoms with Crippen LogP contribution in [0.4, 0.5) is 11.5 Å². The smallest absolute Gasteiger partial charge is 0.231 e. The summed E-state index contributed by atoms with van der Waals surface area (Å²) in [5.74, 6) is 1.37. The maximum absolute atomic E-state index is 9.91. The van der Waals surface area contributed by atoms with Crippen molar-refractivity contribution in [3.05, 3.63) is 65.9 Å². The Balaban J connectivity index is 1.77. The van der Waals surface area contributed by atoms with Crippen molar-refractivity contribution in [1.82, 2.24) is 9.97 Å². The van der Waals surface area contributed by atoms with Gasteiger partial charge in [-0.1, -0.05) is 23.7 Å². The maximum atomic E-state index is 9.91. The van der Waals surface area contributed by atoms with E-state index >= 15 is 0 Å². The second-order valence-electron chi connectivity index (χ2n) is 5.20. The fourth-order valence-corrected chi connectivity index (χ4v) is 2.54. The monoisotopic (exact) mass is 337 g/mol. The lowest BCUT2D eigenvalue weighted by Gasteiger charge is -2.07. The molecule has 0 unspecified atom stereocenters. The molecule has 0 bridgehead atoms. The summed E-state index contributed by atoms with van der Waals surface area (Å²) in [6, 6.07) is 16.2. The van der Waals surface area contributed by atoms with E-state index in [-0.39, 0.29) is 5.75 Å². The van der Waals surface area contributed by atoms with Gasteiger partial charge >= 0.3 is 0 Å². The molecule has 0 aliphatic heterocycles. The Hall–Kier alpha value is -3.05. The summed E-state index contributed by atoms with van der Waals surface area (Å²) in [6.45, 7) is 0. The number of nitrogens with zero attached hydrogens (tertiary/aromatic N) is 2. The third-order valence-electron chi connectivity index (χ3n) is 3.62. The number of hydrogen-bond donors (Lipinski definition) is 2. The summed E-state index contributed by atoms with van der Waals surface area (Å²) in [5, 5.41) is 14.4. The number of benzene rings is 2. The lowest BCUT2D eigenvalue weighted by Crippen LogP contribution is -1.94. The van der Waals surface area contributed by atoms with Gasteiger partial charge in [-0.15, -0.1) is 0 Å². The van der Waals surface area contributed by atoms with Gasteiger partial charge in [-0.05, 0) is 42.5 Å². The van der Waals surface area contributed by atoms with Gasteiger partial charge in [0.25, 0.3) is 0 Å². The molecule has 118 valence electrons. The summed E-state index contributed by atoms with van der Waals surface area (Å²) in [7, 11) is 0. The first-order valence-electron chi connectivity index (χ1n) is 7.26. The Morgan fingerprint density at radius 2 is 1.79 bits per heavy atom. The van der Waals surface area contributed by atoms with Gasteiger partial charge in [0.2, 0.25) is 5.71 Å². The Morgan fingerprint density at radius 1 is 1.00 bits per heavy atom. The van der Waals surface area contributed by atoms with Crippen molar-refractivity contribution in [2.24, 2.45) is 0 Å². The highest BCUT2D eigenvalue weighted by Crippen LogP contribution is 2.33. The second kappa shape index (κ2) is 5.86. The first-order valence-corrected chi connectivity index (χ1v) is 7.64. The molecule has 0 aliphatic rings. The minimum absolute atomic E-state index is 0.144. The molecule has 0 fully saturated rings. The van der Waals surface area contributed by atoms with Crippen LogP contribution in [0.15, 0.2) is 65.3 Å². The first-order chi connectivity index (χ1) is 11.7. The lowest BCUT2D eigenvalue weighted by atomic mass is 10.1. The molecule has 0 spiro atoms. The number of halogens is 1. The third-order valence-corrected chi connectivity index (χ3v) is 3.87. The molecule has 2 aromatic carbocycles. The van der Waals surface area contributed by atoms with Crippen molar-refractivity contribution in [3.63, 3.8) is 0 Å². The Morgan fingerprint density at radius 3 is 2.58 bits per heavy atom. The molecule has 4 aromatic rings. The number of phenols is 1. The molecule has 0 aliphatic carbocycles. The summed E-state index contributed by atoms with van der Waals surface area (Å²) < 4.78 is 5.81. The number of phenolic OH excluding ortho intramolecular Hbond substituents is 1. The summed E-state index contributed by atoms with van der Waals surface area (Å²) in [4.78, 5) is 8.41. The molecule has 24 heavy (non-hydrogen) atoms. The van der Waals surface area contributed by atoms with E-state index in [0.717, 1.165) is 10.9 Å². The SMILES string of the molecule is Oc1ccccc1Nc1ncnc2oc(-c3ccc(Cl)cc3)cc12. The predicted molar refractivity (Wildman–Crippen MR) is 93.6 cm³/mol. The number of fused-ring (bicyclic) bond motifs is 1. The molecule has 0 radical (unpaired) electrons. The Labute approximate surface area is 142 Å². The van der Waals surface area contributed by atoms with Gasteiger partial charge in [0, 0.05) is 10.6 Å². The standard InChI is InChI=1S/C18H12ClN3O2/c19-12-7-5-11(6-8-12)16-9-13-17(20-10-21-18(13)24-16)22-14-3-1-2-4-15(14)23/h1-10,23H,(H,20,21,22). The molecule has 4 rings (SSSR count). The van der Waals surface area contributed by atoms with Gasteiger partial charge in [-0.25, -0.2) is 9.97 Å². The van der Waals surface area contributed by atoms with Gasteiger partial charge in [0.05, 0.1) is 11.1 Å². The van der Waals surface area contributed by atoms with Gasteiger partial charge in [-0.2, -0.15) is 0 Å². The second-order valence-corrected chi connectivity index (χ2v) is 5.64. The minimum atomic E-state index is 0.144. The zero-order valence-electron chi connectivity index (χ0n) is 12.4. The van der Waals surface area contributed by atoms with Crippen molar-refractivity contribution in [2.75, 3.05) is 5.32 Å². The molecule has 2 aromatic heterocycles. The van der Waals surface area contributed by atoms with Crippen LogP contribution in [0.2, 0.25) is 5.02 Å². The molecular formula is C18H12ClN3O2. The molecule has 0 saturated carbocycles. The van der Waals surface area contributed by atoms with Crippen LogP contribution >= 0.6 is 11.6 Å². The number of anilines is 2. The zero-order chi connectivity index (χ0) is 16.5. The number of nitrogens with one attached hydrogen (secondary N) is 1. The first kappa shape index (κ1) is 14.5. The average Bonchev–Trinajstić information content (AvgIpc) is 3.03. The average molecular weight is 338 g/mol. The van der Waals surface area contributed by atoms with E-state index in [9.17, 15) is 5.11 Å². The Bertz CT molecular complexity index is 1010. The predicted octanol–water partition coefficient (Wildman–Crippen LogP) is 4.99. The molecule has 0 atom stereocenters. The summed E-state index contributed by atoms with van der Waals surface area (Å²) >= 11 is 5.92.